The second-order valence-electron chi connectivity index (χ2n) is 14.5. The number of thiophene rings is 1. The molecule has 3 heteroatoms. The smallest absolute Gasteiger partial charge is 0.143 e. The Hall–Kier alpha value is -7.20. The molecule has 10 rings (SSSR count). The third kappa shape index (κ3) is 6.42. The summed E-state index contributed by atoms with van der Waals surface area (Å²) in [6, 6.07) is 67.0. The van der Waals surface area contributed by atoms with Crippen LogP contribution in [0.25, 0.3) is 75.5 Å². The van der Waals surface area contributed by atoms with Gasteiger partial charge in [-0.05, 0) is 94.4 Å². The molecular formula is C55H39NOS. The summed E-state index contributed by atoms with van der Waals surface area (Å²) in [4.78, 5) is 2.32. The van der Waals surface area contributed by atoms with Crippen LogP contribution in [-0.4, -0.2) is 0 Å². The Kier molecular flexibility index (Phi) is 9.14. The molecule has 2 aromatic heterocycles. The van der Waals surface area contributed by atoms with Crippen molar-refractivity contribution < 1.29 is 4.42 Å². The SMILES string of the molecule is C=C(/C=C\C(=C/C)c1ccccc1)c1ccc(N(c2ccc(-c3cccc4c3oc3ccccc34)cc2)c2ccc(-c3cccc4c3sc3ccccc34)cc2)cc1. The first kappa shape index (κ1) is 35.2. The number of benzene rings is 8. The fourth-order valence-electron chi connectivity index (χ4n) is 8.08. The molecule has 58 heavy (non-hydrogen) atoms. The number of anilines is 3. The van der Waals surface area contributed by atoms with Crippen LogP contribution in [0.15, 0.2) is 217 Å². The Balaban J connectivity index is 1.01. The molecule has 0 spiro atoms. The third-order valence-corrected chi connectivity index (χ3v) is 12.3. The van der Waals surface area contributed by atoms with Gasteiger partial charge in [0, 0.05) is 53.6 Å². The zero-order valence-corrected chi connectivity index (χ0v) is 32.9. The second-order valence-corrected chi connectivity index (χ2v) is 15.6. The van der Waals surface area contributed by atoms with E-state index in [1.807, 2.05) is 29.5 Å². The van der Waals surface area contributed by atoms with Gasteiger partial charge in [0.2, 0.25) is 0 Å². The summed E-state index contributed by atoms with van der Waals surface area (Å²) in [6.07, 6.45) is 6.38. The van der Waals surface area contributed by atoms with Crippen molar-refractivity contribution in [1.82, 2.24) is 0 Å². The van der Waals surface area contributed by atoms with Gasteiger partial charge in [-0.2, -0.15) is 0 Å². The number of rotatable bonds is 9. The lowest BCUT2D eigenvalue weighted by molar-refractivity contribution is 0.670. The minimum atomic E-state index is 0.903. The predicted molar refractivity (Wildman–Crippen MR) is 250 cm³/mol. The highest BCUT2D eigenvalue weighted by atomic mass is 32.1. The normalized spacial score (nSPS) is 12.0. The standard InChI is InChI=1S/C55H39NOS/c1-3-38(40-13-5-4-6-14-40)24-23-37(2)39-25-31-43(32-26-39)56(44-33-27-41(28-34-44)46-17-11-19-50-48-15-7-9-21-52(48)57-54(46)50)45-35-29-42(30-36-45)47-18-12-20-51-49-16-8-10-22-53(49)58-55(47)51/h3-36H,2H2,1H3/b24-23-,38-3+. The first-order valence-corrected chi connectivity index (χ1v) is 20.5. The fourth-order valence-corrected chi connectivity index (χ4v) is 9.32. The van der Waals surface area contributed by atoms with Gasteiger partial charge < -0.3 is 9.32 Å². The van der Waals surface area contributed by atoms with Crippen LogP contribution in [0.4, 0.5) is 17.1 Å². The summed E-state index contributed by atoms with van der Waals surface area (Å²) in [5.41, 5.74) is 14.0. The fraction of sp³-hybridized carbons (Fsp3) is 0.0182. The van der Waals surface area contributed by atoms with Crippen LogP contribution in [0.1, 0.15) is 18.1 Å². The largest absolute Gasteiger partial charge is 0.455 e. The van der Waals surface area contributed by atoms with Crippen molar-refractivity contribution in [2.75, 3.05) is 4.90 Å². The van der Waals surface area contributed by atoms with Gasteiger partial charge in [0.05, 0.1) is 0 Å². The quantitative estimate of drug-likeness (QED) is 0.136. The molecule has 0 aliphatic heterocycles. The zero-order chi connectivity index (χ0) is 39.0. The number of furan rings is 1. The molecule has 0 amide bonds. The van der Waals surface area contributed by atoms with Gasteiger partial charge in [0.1, 0.15) is 11.2 Å². The van der Waals surface area contributed by atoms with Crippen molar-refractivity contribution in [2.24, 2.45) is 0 Å². The topological polar surface area (TPSA) is 16.4 Å². The van der Waals surface area contributed by atoms with E-state index in [4.69, 9.17) is 4.42 Å². The Morgan fingerprint density at radius 1 is 0.500 bits per heavy atom. The molecule has 276 valence electrons. The number of nitrogens with zero attached hydrogens (tertiary/aromatic N) is 1. The second kappa shape index (κ2) is 15.0. The number of hydrogen-bond acceptors (Lipinski definition) is 3. The van der Waals surface area contributed by atoms with Gasteiger partial charge in [0.25, 0.3) is 0 Å². The molecule has 0 aliphatic rings. The third-order valence-electron chi connectivity index (χ3n) is 11.1. The van der Waals surface area contributed by atoms with Crippen molar-refractivity contribution in [1.29, 1.82) is 0 Å². The molecule has 0 bridgehead atoms. The van der Waals surface area contributed by atoms with E-state index in [0.717, 1.165) is 66.8 Å². The monoisotopic (exact) mass is 761 g/mol. The summed E-state index contributed by atoms with van der Waals surface area (Å²) >= 11 is 1.86. The molecule has 0 saturated heterocycles. The summed E-state index contributed by atoms with van der Waals surface area (Å²) in [5, 5.41) is 4.88. The lowest BCUT2D eigenvalue weighted by Gasteiger charge is -2.26. The molecule has 0 N–H and O–H groups in total. The van der Waals surface area contributed by atoms with Crippen molar-refractivity contribution >= 4 is 81.7 Å². The molecule has 10 aromatic rings. The average molecular weight is 762 g/mol. The summed E-state index contributed by atoms with van der Waals surface area (Å²) in [5.74, 6) is 0. The predicted octanol–water partition coefficient (Wildman–Crippen LogP) is 16.4. The molecular weight excluding hydrogens is 723 g/mol. The van der Waals surface area contributed by atoms with E-state index in [1.54, 1.807) is 0 Å². The molecule has 2 heterocycles. The van der Waals surface area contributed by atoms with E-state index < -0.39 is 0 Å². The lowest BCUT2D eigenvalue weighted by atomic mass is 10.0. The number of allylic oxidation sites excluding steroid dienone is 5. The Morgan fingerprint density at radius 2 is 1.07 bits per heavy atom. The Bertz CT molecular complexity index is 3010. The van der Waals surface area contributed by atoms with Gasteiger partial charge >= 0.3 is 0 Å². The highest BCUT2D eigenvalue weighted by Gasteiger charge is 2.17. The average Bonchev–Trinajstić information content (AvgIpc) is 3.87. The first-order chi connectivity index (χ1) is 28.6. The van der Waals surface area contributed by atoms with E-state index in [1.165, 1.54) is 36.9 Å². The molecule has 0 atom stereocenters. The van der Waals surface area contributed by atoms with Gasteiger partial charge in [-0.3, -0.25) is 0 Å². The maximum atomic E-state index is 6.41. The van der Waals surface area contributed by atoms with Crippen molar-refractivity contribution in [3.05, 3.63) is 224 Å². The molecule has 0 radical (unpaired) electrons. The number of fused-ring (bicyclic) bond motifs is 6. The highest BCUT2D eigenvalue weighted by molar-refractivity contribution is 7.26. The summed E-state index contributed by atoms with van der Waals surface area (Å²) < 4.78 is 9.04. The van der Waals surface area contributed by atoms with Gasteiger partial charge in [-0.25, -0.2) is 0 Å². The van der Waals surface area contributed by atoms with Crippen LogP contribution in [0.3, 0.4) is 0 Å². The van der Waals surface area contributed by atoms with Crippen LogP contribution in [0.2, 0.25) is 0 Å². The highest BCUT2D eigenvalue weighted by Crippen LogP contribution is 2.42. The minimum Gasteiger partial charge on any atom is -0.455 e. The summed E-state index contributed by atoms with van der Waals surface area (Å²) in [6.45, 7) is 6.50. The lowest BCUT2D eigenvalue weighted by Crippen LogP contribution is -2.09. The molecule has 2 nitrogen and oxygen atoms in total. The van der Waals surface area contributed by atoms with Crippen molar-refractivity contribution in [2.45, 2.75) is 6.92 Å². The van der Waals surface area contributed by atoms with Crippen LogP contribution in [0, 0.1) is 0 Å². The van der Waals surface area contributed by atoms with E-state index in [-0.39, 0.29) is 0 Å². The van der Waals surface area contributed by atoms with Gasteiger partial charge in [-0.15, -0.1) is 11.3 Å². The van der Waals surface area contributed by atoms with E-state index in [9.17, 15) is 0 Å². The van der Waals surface area contributed by atoms with Gasteiger partial charge in [-0.1, -0.05) is 164 Å². The maximum Gasteiger partial charge on any atom is 0.143 e. The summed E-state index contributed by atoms with van der Waals surface area (Å²) in [7, 11) is 0. The van der Waals surface area contributed by atoms with Crippen molar-refractivity contribution in [3.8, 4) is 22.3 Å². The van der Waals surface area contributed by atoms with E-state index in [0.29, 0.717) is 0 Å². The van der Waals surface area contributed by atoms with E-state index >= 15 is 0 Å². The van der Waals surface area contributed by atoms with Crippen LogP contribution < -0.4 is 4.90 Å². The molecule has 0 fully saturated rings. The number of para-hydroxylation sites is 2. The van der Waals surface area contributed by atoms with Crippen molar-refractivity contribution in [3.63, 3.8) is 0 Å². The molecule has 8 aromatic carbocycles. The zero-order valence-electron chi connectivity index (χ0n) is 32.1. The Morgan fingerprint density at radius 3 is 1.78 bits per heavy atom. The van der Waals surface area contributed by atoms with Gasteiger partial charge in [0.15, 0.2) is 0 Å². The molecule has 0 unspecified atom stereocenters. The first-order valence-electron chi connectivity index (χ1n) is 19.6. The number of hydrogen-bond donors (Lipinski definition) is 0. The van der Waals surface area contributed by atoms with E-state index in [2.05, 4.69) is 206 Å². The Labute approximate surface area is 342 Å². The molecule has 0 saturated carbocycles. The maximum absolute atomic E-state index is 6.41. The van der Waals surface area contributed by atoms with Crippen LogP contribution in [-0.2, 0) is 0 Å². The minimum absolute atomic E-state index is 0.903. The molecule has 0 aliphatic carbocycles. The van der Waals surface area contributed by atoms with Crippen LogP contribution >= 0.6 is 11.3 Å². The van der Waals surface area contributed by atoms with Crippen LogP contribution in [0.5, 0.6) is 0 Å².